The predicted molar refractivity (Wildman–Crippen MR) is 81.4 cm³/mol. The number of para-hydroxylation sites is 1. The molecule has 0 aliphatic heterocycles. The fourth-order valence-corrected chi connectivity index (χ4v) is 1.98. The maximum absolute atomic E-state index is 11.9. The van der Waals surface area contributed by atoms with E-state index in [0.717, 1.165) is 5.56 Å². The lowest BCUT2D eigenvalue weighted by Crippen LogP contribution is -2.17. The average Bonchev–Trinajstić information content (AvgIpc) is 2.48. The molecule has 4 heteroatoms. The van der Waals surface area contributed by atoms with Crippen molar-refractivity contribution in [2.24, 2.45) is 0 Å². The summed E-state index contributed by atoms with van der Waals surface area (Å²) in [4.78, 5) is 23.7. The van der Waals surface area contributed by atoms with Gasteiger partial charge in [-0.15, -0.1) is 0 Å². The molecule has 0 spiro atoms. The van der Waals surface area contributed by atoms with Crippen molar-refractivity contribution < 1.29 is 14.3 Å². The van der Waals surface area contributed by atoms with E-state index in [1.165, 1.54) is 0 Å². The summed E-state index contributed by atoms with van der Waals surface area (Å²) in [6.45, 7) is 0. The van der Waals surface area contributed by atoms with E-state index in [9.17, 15) is 9.59 Å². The minimum Gasteiger partial charge on any atom is -0.497 e. The molecule has 1 N–H and O–H groups in total. The van der Waals surface area contributed by atoms with Gasteiger partial charge >= 0.3 is 0 Å². The lowest BCUT2D eigenvalue weighted by molar-refractivity contribution is -0.125. The van der Waals surface area contributed by atoms with Gasteiger partial charge in [-0.25, -0.2) is 0 Å². The van der Waals surface area contributed by atoms with Gasteiger partial charge in [0.25, 0.3) is 0 Å². The second kappa shape index (κ2) is 7.24. The van der Waals surface area contributed by atoms with E-state index >= 15 is 0 Å². The zero-order valence-corrected chi connectivity index (χ0v) is 11.8. The molecule has 0 heterocycles. The van der Waals surface area contributed by atoms with Crippen molar-refractivity contribution >= 4 is 17.4 Å². The van der Waals surface area contributed by atoms with Gasteiger partial charge in [-0.05, 0) is 29.8 Å². The van der Waals surface area contributed by atoms with Crippen LogP contribution in [0.5, 0.6) is 5.75 Å². The van der Waals surface area contributed by atoms with Crippen LogP contribution in [0.3, 0.4) is 0 Å². The quantitative estimate of drug-likeness (QED) is 0.829. The number of hydrogen-bond acceptors (Lipinski definition) is 3. The van der Waals surface area contributed by atoms with Crippen molar-refractivity contribution in [3.05, 3.63) is 60.2 Å². The monoisotopic (exact) mass is 283 g/mol. The molecule has 108 valence electrons. The van der Waals surface area contributed by atoms with Gasteiger partial charge in [0.2, 0.25) is 5.91 Å². The zero-order valence-electron chi connectivity index (χ0n) is 11.8. The van der Waals surface area contributed by atoms with Crippen molar-refractivity contribution in [3.63, 3.8) is 0 Å². The van der Waals surface area contributed by atoms with Crippen molar-refractivity contribution in [2.75, 3.05) is 12.4 Å². The summed E-state index contributed by atoms with van der Waals surface area (Å²) in [6.07, 6.45) is 0.0888. The van der Waals surface area contributed by atoms with Crippen molar-refractivity contribution in [2.45, 2.75) is 12.8 Å². The summed E-state index contributed by atoms with van der Waals surface area (Å²) in [5.74, 6) is 0.278. The van der Waals surface area contributed by atoms with Crippen LogP contribution in [0.2, 0.25) is 0 Å². The molecular formula is C17H17NO3. The Balaban J connectivity index is 1.87. The van der Waals surface area contributed by atoms with Gasteiger partial charge in [0.05, 0.1) is 13.5 Å². The third kappa shape index (κ3) is 4.76. The number of nitrogens with one attached hydrogen (secondary N) is 1. The third-order valence-electron chi connectivity index (χ3n) is 2.95. The Labute approximate surface area is 123 Å². The molecule has 2 aromatic rings. The third-order valence-corrected chi connectivity index (χ3v) is 2.95. The van der Waals surface area contributed by atoms with E-state index in [4.69, 9.17) is 4.74 Å². The second-order valence-electron chi connectivity index (χ2n) is 4.66. The van der Waals surface area contributed by atoms with Crippen LogP contribution in [-0.4, -0.2) is 18.8 Å². The number of methoxy groups -OCH3 is 1. The number of benzene rings is 2. The largest absolute Gasteiger partial charge is 0.497 e. The number of Topliss-reactive ketones (excluding diaryl/α,β-unsaturated/α-hetero) is 1. The van der Waals surface area contributed by atoms with Crippen LogP contribution < -0.4 is 10.1 Å². The molecule has 2 rings (SSSR count). The molecule has 4 nitrogen and oxygen atoms in total. The number of hydrogen-bond donors (Lipinski definition) is 1. The Bertz CT molecular complexity index is 623. The van der Waals surface area contributed by atoms with Crippen LogP contribution in [0.4, 0.5) is 5.69 Å². The molecule has 0 unspecified atom stereocenters. The Morgan fingerprint density at radius 3 is 2.52 bits per heavy atom. The molecule has 0 saturated carbocycles. The highest BCUT2D eigenvalue weighted by atomic mass is 16.5. The summed E-state index contributed by atoms with van der Waals surface area (Å²) in [5, 5.41) is 2.70. The Kier molecular flexibility index (Phi) is 5.10. The topological polar surface area (TPSA) is 55.4 Å². The van der Waals surface area contributed by atoms with Gasteiger partial charge in [-0.2, -0.15) is 0 Å². The SMILES string of the molecule is COc1cccc(CC(=O)CC(=O)Nc2ccccc2)c1. The molecule has 21 heavy (non-hydrogen) atoms. The van der Waals surface area contributed by atoms with Gasteiger partial charge in [0.1, 0.15) is 11.5 Å². The maximum atomic E-state index is 11.9. The van der Waals surface area contributed by atoms with Crippen LogP contribution in [0.15, 0.2) is 54.6 Å². The van der Waals surface area contributed by atoms with E-state index in [1.807, 2.05) is 36.4 Å². The number of carbonyl (C=O) groups is 2. The van der Waals surface area contributed by atoms with E-state index in [0.29, 0.717) is 11.4 Å². The zero-order chi connectivity index (χ0) is 15.1. The Morgan fingerprint density at radius 2 is 1.81 bits per heavy atom. The van der Waals surface area contributed by atoms with Crippen LogP contribution in [0, 0.1) is 0 Å². The van der Waals surface area contributed by atoms with Gasteiger partial charge in [-0.3, -0.25) is 9.59 Å². The van der Waals surface area contributed by atoms with Crippen molar-refractivity contribution in [3.8, 4) is 5.75 Å². The molecule has 0 aliphatic carbocycles. The first kappa shape index (κ1) is 14.8. The summed E-state index contributed by atoms with van der Waals surface area (Å²) < 4.78 is 5.11. The molecule has 0 aliphatic rings. The molecule has 2 aromatic carbocycles. The van der Waals surface area contributed by atoms with E-state index in [1.54, 1.807) is 25.3 Å². The standard InChI is InChI=1S/C17H17NO3/c1-21-16-9-5-6-13(11-16)10-15(19)12-17(20)18-14-7-3-2-4-8-14/h2-9,11H,10,12H2,1H3,(H,18,20). The molecule has 1 amide bonds. The van der Waals surface area contributed by atoms with E-state index in [-0.39, 0.29) is 24.5 Å². The first-order valence-electron chi connectivity index (χ1n) is 6.67. The molecule has 0 fully saturated rings. The highest BCUT2D eigenvalue weighted by Gasteiger charge is 2.11. The predicted octanol–water partition coefficient (Wildman–Crippen LogP) is 2.84. The highest BCUT2D eigenvalue weighted by Crippen LogP contribution is 2.14. The number of amides is 1. The van der Waals surface area contributed by atoms with E-state index in [2.05, 4.69) is 5.32 Å². The molecule has 0 radical (unpaired) electrons. The number of anilines is 1. The number of ether oxygens (including phenoxy) is 1. The maximum Gasteiger partial charge on any atom is 0.231 e. The minimum atomic E-state index is -0.297. The average molecular weight is 283 g/mol. The lowest BCUT2D eigenvalue weighted by Gasteiger charge is -2.06. The van der Waals surface area contributed by atoms with Crippen LogP contribution in [0.1, 0.15) is 12.0 Å². The van der Waals surface area contributed by atoms with E-state index < -0.39 is 0 Å². The molecule has 0 atom stereocenters. The number of carbonyl (C=O) groups excluding carboxylic acids is 2. The minimum absolute atomic E-state index is 0.128. The lowest BCUT2D eigenvalue weighted by atomic mass is 10.1. The van der Waals surface area contributed by atoms with Crippen molar-refractivity contribution in [1.29, 1.82) is 0 Å². The Hall–Kier alpha value is -2.62. The van der Waals surface area contributed by atoms with Gasteiger partial charge < -0.3 is 10.1 Å². The fourth-order valence-electron chi connectivity index (χ4n) is 1.98. The van der Waals surface area contributed by atoms with Crippen LogP contribution in [-0.2, 0) is 16.0 Å². The second-order valence-corrected chi connectivity index (χ2v) is 4.66. The van der Waals surface area contributed by atoms with Crippen LogP contribution >= 0.6 is 0 Å². The summed E-state index contributed by atoms with van der Waals surface area (Å²) in [5.41, 5.74) is 1.53. The first-order chi connectivity index (χ1) is 10.2. The van der Waals surface area contributed by atoms with Gasteiger partial charge in [0, 0.05) is 12.1 Å². The molecule has 0 aromatic heterocycles. The fraction of sp³-hybridized carbons (Fsp3) is 0.176. The smallest absolute Gasteiger partial charge is 0.231 e. The van der Waals surface area contributed by atoms with Crippen LogP contribution in [0.25, 0.3) is 0 Å². The van der Waals surface area contributed by atoms with Gasteiger partial charge in [0.15, 0.2) is 0 Å². The number of ketones is 1. The molecular weight excluding hydrogens is 266 g/mol. The number of rotatable bonds is 6. The summed E-state index contributed by atoms with van der Waals surface area (Å²) >= 11 is 0. The molecule has 0 saturated heterocycles. The Morgan fingerprint density at radius 1 is 1.05 bits per heavy atom. The first-order valence-corrected chi connectivity index (χ1v) is 6.67. The normalized spacial score (nSPS) is 9.95. The summed E-state index contributed by atoms with van der Waals surface area (Å²) in [7, 11) is 1.58. The summed E-state index contributed by atoms with van der Waals surface area (Å²) in [6, 6.07) is 16.4. The van der Waals surface area contributed by atoms with Crippen molar-refractivity contribution in [1.82, 2.24) is 0 Å². The highest BCUT2D eigenvalue weighted by molar-refractivity contribution is 6.04. The van der Waals surface area contributed by atoms with Gasteiger partial charge in [-0.1, -0.05) is 30.3 Å². The molecule has 0 bridgehead atoms.